The van der Waals surface area contributed by atoms with Crippen molar-refractivity contribution < 1.29 is 28.7 Å². The van der Waals surface area contributed by atoms with Crippen molar-refractivity contribution in [1.29, 1.82) is 0 Å². The summed E-state index contributed by atoms with van der Waals surface area (Å²) in [5.74, 6) is 0.521. The zero-order chi connectivity index (χ0) is 50.0. The SMILES string of the molecule is COc1cc(N2CCC(N3CCN(C(=O)CCCCN4CCN(c5ccc(C=O)c(C(=O)N(C)C6CCC(=O)NC6=O)c5)CC4)CC3)CC2)ccc1Nc1ncc(Cl)c(Nc2ccccc2N(C)SC)n1. The molecule has 1 unspecified atom stereocenters. The number of hydrogen-bond donors (Lipinski definition) is 3. The van der Waals surface area contributed by atoms with E-state index in [1.165, 1.54) is 11.9 Å². The number of piperidine rings is 2. The summed E-state index contributed by atoms with van der Waals surface area (Å²) in [6, 6.07) is 19.1. The Bertz CT molecular complexity index is 2550. The van der Waals surface area contributed by atoms with Gasteiger partial charge in [-0.15, -0.1) is 0 Å². The van der Waals surface area contributed by atoms with E-state index >= 15 is 0 Å². The first-order valence-corrected chi connectivity index (χ1v) is 26.0. The third-order valence-corrected chi connectivity index (χ3v) is 15.2. The molecule has 4 aliphatic rings. The van der Waals surface area contributed by atoms with Crippen molar-refractivity contribution in [2.75, 3.05) is 124 Å². The Morgan fingerprint density at radius 2 is 1.59 bits per heavy atom. The molecule has 71 heavy (non-hydrogen) atoms. The molecule has 4 fully saturated rings. The molecule has 0 radical (unpaired) electrons. The molecule has 378 valence electrons. The zero-order valence-corrected chi connectivity index (χ0v) is 42.6. The van der Waals surface area contributed by atoms with E-state index in [4.69, 9.17) is 21.3 Å². The molecule has 0 saturated carbocycles. The number of aldehydes is 1. The van der Waals surface area contributed by atoms with E-state index < -0.39 is 17.9 Å². The number of anilines is 7. The van der Waals surface area contributed by atoms with Crippen molar-refractivity contribution >= 4 is 93.7 Å². The first-order valence-electron chi connectivity index (χ1n) is 24.5. The van der Waals surface area contributed by atoms with Gasteiger partial charge < -0.3 is 39.3 Å². The summed E-state index contributed by atoms with van der Waals surface area (Å²) in [5, 5.41) is 9.40. The fourth-order valence-corrected chi connectivity index (χ4v) is 10.4. The van der Waals surface area contributed by atoms with Crippen molar-refractivity contribution in [1.82, 2.24) is 34.9 Å². The highest BCUT2D eigenvalue weighted by atomic mass is 35.5. The van der Waals surface area contributed by atoms with Crippen molar-refractivity contribution in [3.63, 3.8) is 0 Å². The van der Waals surface area contributed by atoms with Gasteiger partial charge in [-0.2, -0.15) is 4.98 Å². The van der Waals surface area contributed by atoms with Gasteiger partial charge >= 0.3 is 0 Å². The average Bonchev–Trinajstić information content (AvgIpc) is 3.40. The monoisotopic (exact) mass is 1010 g/mol. The van der Waals surface area contributed by atoms with Gasteiger partial charge in [0.05, 0.1) is 35.9 Å². The standard InChI is InChI=1S/C51H65ClN12O6S/c1-58(44-16-17-46(66)56-49(44)68)50(69)39-31-37(13-12-35(39)34-65)63-25-23-60(24-26-63)20-8-7-11-47(67)64-29-27-62(28-30-64)36-18-21-61(22-19-36)38-14-15-42(45(32-38)70-3)55-51-53-33-40(52)48(57-51)54-41-9-5-6-10-43(41)59(2)71-4/h5-6,9-10,12-15,31-34,36,44H,7-8,11,16-30H2,1-4H3,(H,56,66,68)(H2,53,54,55,57). The van der Waals surface area contributed by atoms with E-state index in [1.54, 1.807) is 37.4 Å². The molecule has 4 aromatic rings. The molecule has 8 rings (SSSR count). The summed E-state index contributed by atoms with van der Waals surface area (Å²) in [7, 11) is 5.20. The third kappa shape index (κ3) is 12.5. The minimum absolute atomic E-state index is 0.156. The van der Waals surface area contributed by atoms with Gasteiger partial charge in [-0.1, -0.05) is 35.7 Å². The van der Waals surface area contributed by atoms with Crippen LogP contribution >= 0.6 is 23.5 Å². The normalized spacial score (nSPS) is 18.2. The van der Waals surface area contributed by atoms with Crippen LogP contribution in [0, 0.1) is 0 Å². The molecule has 3 N–H and O–H groups in total. The molecular weight excluding hydrogens is 944 g/mol. The Kier molecular flexibility index (Phi) is 17.2. The quantitative estimate of drug-likeness (QED) is 0.0448. The molecule has 3 aromatic carbocycles. The van der Waals surface area contributed by atoms with E-state index in [0.717, 1.165) is 126 Å². The number of ether oxygens (including phenoxy) is 1. The molecule has 0 aliphatic carbocycles. The number of unbranched alkanes of at least 4 members (excludes halogenated alkanes) is 1. The third-order valence-electron chi connectivity index (χ3n) is 14.2. The highest BCUT2D eigenvalue weighted by Gasteiger charge is 2.34. The van der Waals surface area contributed by atoms with Gasteiger partial charge in [-0.25, -0.2) is 4.98 Å². The Morgan fingerprint density at radius 3 is 2.31 bits per heavy atom. The number of methoxy groups -OCH3 is 1. The highest BCUT2D eigenvalue weighted by molar-refractivity contribution is 7.99. The lowest BCUT2D eigenvalue weighted by molar-refractivity contribution is -0.136. The summed E-state index contributed by atoms with van der Waals surface area (Å²) in [5.41, 5.74) is 5.06. The van der Waals surface area contributed by atoms with Gasteiger partial charge in [0.2, 0.25) is 23.7 Å². The van der Waals surface area contributed by atoms with Crippen LogP contribution in [0.1, 0.15) is 65.7 Å². The fraction of sp³-hybridized carbons (Fsp3) is 0.471. The maximum atomic E-state index is 13.5. The predicted octanol–water partition coefficient (Wildman–Crippen LogP) is 6.14. The van der Waals surface area contributed by atoms with E-state index in [1.807, 2.05) is 54.6 Å². The number of para-hydroxylation sites is 2. The van der Waals surface area contributed by atoms with Gasteiger partial charge in [0, 0.05) is 128 Å². The number of piperazine rings is 2. The zero-order valence-electron chi connectivity index (χ0n) is 41.1. The van der Waals surface area contributed by atoms with Crippen LogP contribution in [0.2, 0.25) is 5.02 Å². The number of halogens is 1. The molecular formula is C51H65ClN12O6S. The number of amides is 4. The smallest absolute Gasteiger partial charge is 0.255 e. The number of benzene rings is 3. The first kappa shape index (κ1) is 51.2. The number of carbonyl (C=O) groups excluding carboxylic acids is 5. The summed E-state index contributed by atoms with van der Waals surface area (Å²) < 4.78 is 7.91. The van der Waals surface area contributed by atoms with Crippen molar-refractivity contribution in [3.8, 4) is 5.75 Å². The van der Waals surface area contributed by atoms with E-state index in [2.05, 4.69) is 57.0 Å². The lowest BCUT2D eigenvalue weighted by Gasteiger charge is -2.43. The second-order valence-electron chi connectivity index (χ2n) is 18.4. The molecule has 1 atom stereocenters. The largest absolute Gasteiger partial charge is 0.494 e. The van der Waals surface area contributed by atoms with Crippen molar-refractivity contribution in [2.24, 2.45) is 0 Å². The number of imide groups is 1. The maximum absolute atomic E-state index is 13.5. The first-order chi connectivity index (χ1) is 34.4. The van der Waals surface area contributed by atoms with Crippen LogP contribution in [-0.4, -0.2) is 171 Å². The molecule has 4 amide bonds. The number of nitrogens with one attached hydrogen (secondary N) is 3. The summed E-state index contributed by atoms with van der Waals surface area (Å²) in [6.07, 6.45) is 9.09. The van der Waals surface area contributed by atoms with Gasteiger partial charge in [-0.3, -0.25) is 39.1 Å². The Hall–Kier alpha value is -6.15. The minimum Gasteiger partial charge on any atom is -0.494 e. The van der Waals surface area contributed by atoms with E-state index in [0.29, 0.717) is 41.3 Å². The lowest BCUT2D eigenvalue weighted by atomic mass is 10.0. The van der Waals surface area contributed by atoms with Crippen molar-refractivity contribution in [3.05, 3.63) is 83.0 Å². The van der Waals surface area contributed by atoms with Gasteiger partial charge in [0.15, 0.2) is 12.1 Å². The van der Waals surface area contributed by atoms with Crippen LogP contribution in [0.5, 0.6) is 5.75 Å². The number of aromatic nitrogens is 2. The van der Waals surface area contributed by atoms with Crippen LogP contribution in [0.25, 0.3) is 0 Å². The molecule has 0 spiro atoms. The molecule has 0 bridgehead atoms. The van der Waals surface area contributed by atoms with Gasteiger partial charge in [0.25, 0.3) is 5.91 Å². The van der Waals surface area contributed by atoms with Crippen LogP contribution in [0.15, 0.2) is 66.9 Å². The number of rotatable bonds is 18. The summed E-state index contributed by atoms with van der Waals surface area (Å²) >= 11 is 8.15. The number of likely N-dealkylation sites (N-methyl/N-ethyl adjacent to an activating group) is 1. The average molecular weight is 1010 g/mol. The van der Waals surface area contributed by atoms with E-state index in [9.17, 15) is 24.0 Å². The fourth-order valence-electron chi connectivity index (χ4n) is 9.93. The maximum Gasteiger partial charge on any atom is 0.255 e. The lowest BCUT2D eigenvalue weighted by Crippen LogP contribution is -2.54. The molecule has 20 heteroatoms. The number of nitrogens with zero attached hydrogens (tertiary/aromatic N) is 9. The molecule has 1 aromatic heterocycles. The second-order valence-corrected chi connectivity index (χ2v) is 19.7. The van der Waals surface area contributed by atoms with Crippen LogP contribution in [0.4, 0.5) is 40.2 Å². The summed E-state index contributed by atoms with van der Waals surface area (Å²) in [4.78, 5) is 84.9. The van der Waals surface area contributed by atoms with E-state index in [-0.39, 0.29) is 35.8 Å². The Balaban J connectivity index is 0.734. The minimum atomic E-state index is -0.776. The summed E-state index contributed by atoms with van der Waals surface area (Å²) in [6.45, 7) is 9.29. The second kappa shape index (κ2) is 23.8. The molecule has 4 aliphatic heterocycles. The van der Waals surface area contributed by atoms with Crippen LogP contribution < -0.4 is 34.8 Å². The molecule has 18 nitrogen and oxygen atoms in total. The van der Waals surface area contributed by atoms with Gasteiger partial charge in [0.1, 0.15) is 16.8 Å². The van der Waals surface area contributed by atoms with Gasteiger partial charge in [-0.05, 0) is 81.1 Å². The topological polar surface area (TPSA) is 179 Å². The Morgan fingerprint density at radius 1 is 0.873 bits per heavy atom. The number of carbonyl (C=O) groups is 5. The Labute approximate surface area is 425 Å². The van der Waals surface area contributed by atoms with Crippen LogP contribution in [-0.2, 0) is 14.4 Å². The van der Waals surface area contributed by atoms with Crippen molar-refractivity contribution in [2.45, 2.75) is 57.0 Å². The molecule has 5 heterocycles. The molecule has 4 saturated heterocycles. The number of hydrogen-bond acceptors (Lipinski definition) is 16. The van der Waals surface area contributed by atoms with Crippen LogP contribution in [0.3, 0.4) is 0 Å². The predicted molar refractivity (Wildman–Crippen MR) is 281 cm³/mol. The highest BCUT2D eigenvalue weighted by Crippen LogP contribution is 2.36.